The normalized spacial score (nSPS) is 12.1. The molecule has 0 aromatic heterocycles. The van der Waals surface area contributed by atoms with Crippen molar-refractivity contribution in [1.82, 2.24) is 0 Å². The van der Waals surface area contributed by atoms with Crippen LogP contribution in [0.1, 0.15) is 27.5 Å². The zero-order valence-electron chi connectivity index (χ0n) is 8.40. The first kappa shape index (κ1) is 11.3. The van der Waals surface area contributed by atoms with Crippen molar-refractivity contribution in [2.24, 2.45) is 5.73 Å². The molecule has 4 heteroatoms. The maximum Gasteiger partial charge on any atom is 0.339 e. The molecular formula is C11H13NO3. The van der Waals surface area contributed by atoms with Gasteiger partial charge in [-0.2, -0.15) is 0 Å². The zero-order chi connectivity index (χ0) is 11.6. The molecule has 0 aliphatic rings. The Morgan fingerprint density at radius 2 is 2.20 bits per heavy atom. The van der Waals surface area contributed by atoms with E-state index in [0.29, 0.717) is 5.56 Å². The van der Waals surface area contributed by atoms with E-state index in [1.807, 2.05) is 0 Å². The molecule has 4 nitrogen and oxygen atoms in total. The summed E-state index contributed by atoms with van der Waals surface area (Å²) in [5.41, 5.74) is 6.64. The van der Waals surface area contributed by atoms with Crippen LogP contribution in [0.2, 0.25) is 0 Å². The molecule has 0 aliphatic carbocycles. The number of rotatable bonds is 3. The van der Waals surface area contributed by atoms with Crippen LogP contribution in [0.25, 0.3) is 0 Å². The highest BCUT2D eigenvalue weighted by Crippen LogP contribution is 2.29. The van der Waals surface area contributed by atoms with Crippen LogP contribution in [0.5, 0.6) is 5.75 Å². The maximum absolute atomic E-state index is 10.8. The topological polar surface area (TPSA) is 83.6 Å². The second-order valence-corrected chi connectivity index (χ2v) is 3.32. The summed E-state index contributed by atoms with van der Waals surface area (Å²) in [6, 6.07) is 2.48. The SMILES string of the molecule is C=C[C@H](N)c1cc(C)cc(C(=O)O)c1O. The highest BCUT2D eigenvalue weighted by Gasteiger charge is 2.16. The summed E-state index contributed by atoms with van der Waals surface area (Å²) in [6.07, 6.45) is 1.44. The van der Waals surface area contributed by atoms with E-state index in [0.717, 1.165) is 5.56 Å². The van der Waals surface area contributed by atoms with Gasteiger partial charge in [0.2, 0.25) is 0 Å². The summed E-state index contributed by atoms with van der Waals surface area (Å²) in [5.74, 6) is -1.46. The number of aromatic carboxylic acids is 1. The van der Waals surface area contributed by atoms with Crippen LogP contribution in [0.15, 0.2) is 24.8 Å². The molecule has 0 fully saturated rings. The van der Waals surface area contributed by atoms with Crippen LogP contribution in [0.4, 0.5) is 0 Å². The Labute approximate surface area is 87.7 Å². The van der Waals surface area contributed by atoms with Gasteiger partial charge in [0.05, 0.1) is 6.04 Å². The highest BCUT2D eigenvalue weighted by atomic mass is 16.4. The molecule has 0 spiro atoms. The van der Waals surface area contributed by atoms with Gasteiger partial charge in [0, 0.05) is 5.56 Å². The molecule has 0 radical (unpaired) electrons. The molecule has 0 saturated carbocycles. The van der Waals surface area contributed by atoms with Crippen molar-refractivity contribution in [3.05, 3.63) is 41.5 Å². The van der Waals surface area contributed by atoms with Gasteiger partial charge in [-0.05, 0) is 18.6 Å². The lowest BCUT2D eigenvalue weighted by Crippen LogP contribution is -2.09. The fourth-order valence-electron chi connectivity index (χ4n) is 1.35. The summed E-state index contributed by atoms with van der Waals surface area (Å²) < 4.78 is 0. The largest absolute Gasteiger partial charge is 0.507 e. The first-order chi connectivity index (χ1) is 6.97. The lowest BCUT2D eigenvalue weighted by molar-refractivity contribution is 0.0693. The van der Waals surface area contributed by atoms with Crippen LogP contribution in [-0.2, 0) is 0 Å². The van der Waals surface area contributed by atoms with Crippen molar-refractivity contribution in [3.8, 4) is 5.75 Å². The maximum atomic E-state index is 10.8. The number of benzene rings is 1. The van der Waals surface area contributed by atoms with E-state index in [1.165, 1.54) is 12.1 Å². The summed E-state index contributed by atoms with van der Waals surface area (Å²) >= 11 is 0. The third-order valence-corrected chi connectivity index (χ3v) is 2.13. The number of carbonyl (C=O) groups is 1. The van der Waals surface area contributed by atoms with E-state index in [4.69, 9.17) is 10.8 Å². The van der Waals surface area contributed by atoms with Gasteiger partial charge in [-0.1, -0.05) is 12.1 Å². The molecule has 1 atom stereocenters. The quantitative estimate of drug-likeness (QED) is 0.657. The summed E-state index contributed by atoms with van der Waals surface area (Å²) in [4.78, 5) is 10.8. The lowest BCUT2D eigenvalue weighted by Gasteiger charge is -2.12. The fraction of sp³-hybridized carbons (Fsp3) is 0.182. The average molecular weight is 207 g/mol. The number of carboxylic acid groups (broad SMARTS) is 1. The standard InChI is InChI=1S/C11H13NO3/c1-3-9(12)7-4-6(2)5-8(10(7)13)11(14)15/h3-5,9,13H,1,12H2,2H3,(H,14,15)/t9-/m0/s1. The molecule has 4 N–H and O–H groups in total. The van der Waals surface area contributed by atoms with Gasteiger partial charge in [-0.15, -0.1) is 6.58 Å². The molecule has 0 amide bonds. The summed E-state index contributed by atoms with van der Waals surface area (Å²) in [7, 11) is 0. The predicted molar refractivity (Wildman–Crippen MR) is 56.9 cm³/mol. The van der Waals surface area contributed by atoms with Crippen LogP contribution < -0.4 is 5.73 Å². The minimum absolute atomic E-state index is 0.137. The zero-order valence-corrected chi connectivity index (χ0v) is 8.40. The van der Waals surface area contributed by atoms with Crippen LogP contribution >= 0.6 is 0 Å². The number of nitrogens with two attached hydrogens (primary N) is 1. The number of aryl methyl sites for hydroxylation is 1. The smallest absolute Gasteiger partial charge is 0.339 e. The average Bonchev–Trinajstić information content (AvgIpc) is 2.19. The van der Waals surface area contributed by atoms with E-state index in [1.54, 1.807) is 13.0 Å². The first-order valence-corrected chi connectivity index (χ1v) is 4.42. The van der Waals surface area contributed by atoms with Gasteiger partial charge < -0.3 is 15.9 Å². The Morgan fingerprint density at radius 1 is 1.60 bits per heavy atom. The molecule has 0 aliphatic heterocycles. The lowest BCUT2D eigenvalue weighted by atomic mass is 9.99. The Balaban J connectivity index is 3.40. The molecule has 0 saturated heterocycles. The van der Waals surface area contributed by atoms with Crippen LogP contribution in [0, 0.1) is 6.92 Å². The molecule has 15 heavy (non-hydrogen) atoms. The number of hydrogen-bond acceptors (Lipinski definition) is 3. The Morgan fingerprint density at radius 3 is 2.67 bits per heavy atom. The predicted octanol–water partition coefficient (Wildman–Crippen LogP) is 1.58. The molecule has 0 bridgehead atoms. The second-order valence-electron chi connectivity index (χ2n) is 3.32. The van der Waals surface area contributed by atoms with Gasteiger partial charge >= 0.3 is 5.97 Å². The molecule has 80 valence electrons. The molecule has 0 unspecified atom stereocenters. The minimum Gasteiger partial charge on any atom is -0.507 e. The van der Waals surface area contributed by atoms with Crippen molar-refractivity contribution in [2.75, 3.05) is 0 Å². The molecule has 1 aromatic carbocycles. The second kappa shape index (κ2) is 4.14. The highest BCUT2D eigenvalue weighted by molar-refractivity contribution is 5.91. The van der Waals surface area contributed by atoms with Gasteiger partial charge in [-0.3, -0.25) is 0 Å². The Bertz CT molecular complexity index is 413. The van der Waals surface area contributed by atoms with E-state index in [9.17, 15) is 9.90 Å². The van der Waals surface area contributed by atoms with E-state index >= 15 is 0 Å². The Kier molecular flexibility index (Phi) is 3.11. The molecule has 1 rings (SSSR count). The van der Waals surface area contributed by atoms with Crippen LogP contribution in [-0.4, -0.2) is 16.2 Å². The monoisotopic (exact) mass is 207 g/mol. The number of carboxylic acids is 1. The van der Waals surface area contributed by atoms with Crippen LogP contribution in [0.3, 0.4) is 0 Å². The minimum atomic E-state index is -1.17. The van der Waals surface area contributed by atoms with E-state index in [2.05, 4.69) is 6.58 Å². The number of phenols is 1. The van der Waals surface area contributed by atoms with E-state index < -0.39 is 12.0 Å². The Hall–Kier alpha value is -1.81. The van der Waals surface area contributed by atoms with Crippen molar-refractivity contribution < 1.29 is 15.0 Å². The van der Waals surface area contributed by atoms with Gasteiger partial charge in [0.1, 0.15) is 11.3 Å². The third-order valence-electron chi connectivity index (χ3n) is 2.13. The summed E-state index contributed by atoms with van der Waals surface area (Å²) in [5, 5.41) is 18.5. The van der Waals surface area contributed by atoms with Crippen molar-refractivity contribution in [3.63, 3.8) is 0 Å². The fourth-order valence-corrected chi connectivity index (χ4v) is 1.35. The third kappa shape index (κ3) is 2.16. The van der Waals surface area contributed by atoms with Gasteiger partial charge in [-0.25, -0.2) is 4.79 Å². The van der Waals surface area contributed by atoms with Gasteiger partial charge in [0.25, 0.3) is 0 Å². The number of hydrogen-bond donors (Lipinski definition) is 3. The molecule has 1 aromatic rings. The first-order valence-electron chi connectivity index (χ1n) is 4.42. The van der Waals surface area contributed by atoms with Gasteiger partial charge in [0.15, 0.2) is 0 Å². The van der Waals surface area contributed by atoms with Crippen molar-refractivity contribution in [1.29, 1.82) is 0 Å². The molecule has 0 heterocycles. The molecular weight excluding hydrogens is 194 g/mol. The van der Waals surface area contributed by atoms with Crippen molar-refractivity contribution in [2.45, 2.75) is 13.0 Å². The number of aromatic hydroxyl groups is 1. The summed E-state index contributed by atoms with van der Waals surface area (Å²) in [6.45, 7) is 5.24. The van der Waals surface area contributed by atoms with Crippen molar-refractivity contribution >= 4 is 5.97 Å². The van der Waals surface area contributed by atoms with E-state index in [-0.39, 0.29) is 11.3 Å².